The van der Waals surface area contributed by atoms with Gasteiger partial charge in [0, 0.05) is 0 Å². The van der Waals surface area contributed by atoms with Crippen molar-refractivity contribution in [3.63, 3.8) is 0 Å². The molecule has 0 unspecified atom stereocenters. The van der Waals surface area contributed by atoms with Crippen molar-refractivity contribution >= 4 is 17.6 Å². The molecule has 0 saturated carbocycles. The average Bonchev–Trinajstić information content (AvgIpc) is 2.64. The predicted molar refractivity (Wildman–Crippen MR) is 91.1 cm³/mol. The smallest absolute Gasteiger partial charge is 0.355 e. The van der Waals surface area contributed by atoms with Crippen molar-refractivity contribution in [1.29, 1.82) is 0 Å². The molecule has 1 aromatic carbocycles. The molecule has 1 aliphatic heterocycles. The van der Waals surface area contributed by atoms with Crippen molar-refractivity contribution in [2.24, 2.45) is 5.92 Å². The lowest BCUT2D eigenvalue weighted by Gasteiger charge is -2.32. The van der Waals surface area contributed by atoms with Crippen LogP contribution in [0.25, 0.3) is 0 Å². The molecule has 0 aliphatic carbocycles. The average molecular weight is 367 g/mol. The third kappa shape index (κ3) is 4.13. The van der Waals surface area contributed by atoms with Gasteiger partial charge in [-0.05, 0) is 18.1 Å². The van der Waals surface area contributed by atoms with Crippen molar-refractivity contribution < 1.29 is 32.9 Å². The summed E-state index contributed by atoms with van der Waals surface area (Å²) in [5, 5.41) is 0. The van der Waals surface area contributed by atoms with Gasteiger partial charge in [-0.15, -0.1) is 0 Å². The van der Waals surface area contributed by atoms with Gasteiger partial charge >= 0.3 is 11.9 Å². The van der Waals surface area contributed by atoms with Gasteiger partial charge < -0.3 is 23.8 Å². The van der Waals surface area contributed by atoms with Crippen molar-refractivity contribution in [3.8, 4) is 5.75 Å². The molecule has 0 bridgehead atoms. The molecular formula is C18H22FNO6. The van der Waals surface area contributed by atoms with E-state index in [1.807, 2.05) is 13.8 Å². The molecule has 1 aliphatic rings. The van der Waals surface area contributed by atoms with Gasteiger partial charge in [-0.3, -0.25) is 0 Å². The number of nitrogens with zero attached hydrogens (tertiary/aromatic N) is 1. The highest BCUT2D eigenvalue weighted by Gasteiger charge is 2.34. The molecule has 0 amide bonds. The van der Waals surface area contributed by atoms with E-state index in [0.29, 0.717) is 0 Å². The second-order valence-electron chi connectivity index (χ2n) is 6.01. The van der Waals surface area contributed by atoms with Crippen LogP contribution in [0.3, 0.4) is 0 Å². The summed E-state index contributed by atoms with van der Waals surface area (Å²) in [6, 6.07) is 4.31. The second-order valence-corrected chi connectivity index (χ2v) is 6.01. The molecule has 1 heterocycles. The van der Waals surface area contributed by atoms with Crippen LogP contribution >= 0.6 is 0 Å². The van der Waals surface area contributed by atoms with E-state index >= 15 is 0 Å². The van der Waals surface area contributed by atoms with Gasteiger partial charge in [-0.1, -0.05) is 19.9 Å². The quantitative estimate of drug-likeness (QED) is 0.714. The normalized spacial score (nSPS) is 14.5. The van der Waals surface area contributed by atoms with Gasteiger partial charge in [0.15, 0.2) is 11.6 Å². The standard InChI is InChI=1S/C18H22FNO6/c1-11(2)8-26-16-13(19)6-5-7-14(16)20-10-25-9-12(17(21)23-3)15(20)18(22)24-4/h5-7,11H,8-10H2,1-4H3. The fourth-order valence-electron chi connectivity index (χ4n) is 2.44. The van der Waals surface area contributed by atoms with Crippen LogP contribution in [0.1, 0.15) is 13.8 Å². The molecule has 2 rings (SSSR count). The number of rotatable bonds is 6. The van der Waals surface area contributed by atoms with Gasteiger partial charge in [0.05, 0.1) is 38.7 Å². The Morgan fingerprint density at radius 3 is 2.54 bits per heavy atom. The van der Waals surface area contributed by atoms with Crippen molar-refractivity contribution in [1.82, 2.24) is 0 Å². The second kappa shape index (κ2) is 8.66. The van der Waals surface area contributed by atoms with Crippen LogP contribution in [0.2, 0.25) is 0 Å². The zero-order valence-electron chi connectivity index (χ0n) is 15.2. The van der Waals surface area contributed by atoms with Gasteiger partial charge in [-0.25, -0.2) is 14.0 Å². The van der Waals surface area contributed by atoms with Crippen LogP contribution in [0, 0.1) is 11.7 Å². The highest BCUT2D eigenvalue weighted by atomic mass is 19.1. The number of carbonyl (C=O) groups excluding carboxylic acids is 2. The first kappa shape index (κ1) is 19.7. The van der Waals surface area contributed by atoms with E-state index in [4.69, 9.17) is 18.9 Å². The first-order valence-electron chi connectivity index (χ1n) is 8.07. The topological polar surface area (TPSA) is 74.3 Å². The third-order valence-electron chi connectivity index (χ3n) is 3.63. The minimum absolute atomic E-state index is 0.00956. The lowest BCUT2D eigenvalue weighted by atomic mass is 10.1. The Kier molecular flexibility index (Phi) is 6.57. The Labute approximate surface area is 151 Å². The van der Waals surface area contributed by atoms with Gasteiger partial charge in [0.25, 0.3) is 0 Å². The van der Waals surface area contributed by atoms with E-state index in [9.17, 15) is 14.0 Å². The van der Waals surface area contributed by atoms with Crippen molar-refractivity contribution in [3.05, 3.63) is 35.3 Å². The highest BCUT2D eigenvalue weighted by molar-refractivity contribution is 6.03. The summed E-state index contributed by atoms with van der Waals surface area (Å²) in [6.07, 6.45) is 0. The van der Waals surface area contributed by atoms with Crippen LogP contribution in [-0.2, 0) is 23.8 Å². The number of hydrogen-bond acceptors (Lipinski definition) is 7. The largest absolute Gasteiger partial charge is 0.488 e. The van der Waals surface area contributed by atoms with Gasteiger partial charge in [0.1, 0.15) is 12.4 Å². The minimum atomic E-state index is -0.757. The lowest BCUT2D eigenvalue weighted by Crippen LogP contribution is -2.39. The molecule has 0 radical (unpaired) electrons. The first-order valence-corrected chi connectivity index (χ1v) is 8.07. The fraction of sp³-hybridized carbons (Fsp3) is 0.444. The summed E-state index contributed by atoms with van der Waals surface area (Å²) in [7, 11) is 2.39. The molecule has 142 valence electrons. The summed E-state index contributed by atoms with van der Waals surface area (Å²) in [5.74, 6) is -1.93. The summed E-state index contributed by atoms with van der Waals surface area (Å²) in [4.78, 5) is 25.7. The maximum Gasteiger partial charge on any atom is 0.355 e. The molecule has 0 aromatic heterocycles. The van der Waals surface area contributed by atoms with Crippen molar-refractivity contribution in [2.75, 3.05) is 39.1 Å². The van der Waals surface area contributed by atoms with E-state index in [0.717, 1.165) is 0 Å². The molecule has 0 fully saturated rings. The van der Waals surface area contributed by atoms with E-state index < -0.39 is 17.8 Å². The van der Waals surface area contributed by atoms with E-state index in [-0.39, 0.29) is 48.6 Å². The first-order chi connectivity index (χ1) is 12.4. The van der Waals surface area contributed by atoms with Crippen LogP contribution in [-0.4, -0.2) is 46.1 Å². The van der Waals surface area contributed by atoms with Crippen LogP contribution in [0.4, 0.5) is 10.1 Å². The maximum absolute atomic E-state index is 14.4. The lowest BCUT2D eigenvalue weighted by molar-refractivity contribution is -0.140. The van der Waals surface area contributed by atoms with Crippen LogP contribution in [0.15, 0.2) is 29.5 Å². The number of methoxy groups -OCH3 is 2. The Balaban J connectivity index is 2.56. The van der Waals surface area contributed by atoms with Gasteiger partial charge in [-0.2, -0.15) is 0 Å². The number of ether oxygens (including phenoxy) is 4. The molecule has 7 nitrogen and oxygen atoms in total. The number of anilines is 1. The zero-order chi connectivity index (χ0) is 19.3. The Bertz CT molecular complexity index is 716. The maximum atomic E-state index is 14.4. The summed E-state index contributed by atoms with van der Waals surface area (Å²) in [5.41, 5.74) is 0.183. The molecule has 26 heavy (non-hydrogen) atoms. The van der Waals surface area contributed by atoms with E-state index in [1.54, 1.807) is 6.07 Å². The van der Waals surface area contributed by atoms with Gasteiger partial charge in [0.2, 0.25) is 0 Å². The van der Waals surface area contributed by atoms with E-state index in [2.05, 4.69) is 0 Å². The summed E-state index contributed by atoms with van der Waals surface area (Å²) < 4.78 is 34.9. The van der Waals surface area contributed by atoms with E-state index in [1.165, 1.54) is 31.3 Å². The Morgan fingerprint density at radius 2 is 1.92 bits per heavy atom. The molecule has 0 saturated heterocycles. The number of para-hydroxylation sites is 1. The molecule has 0 atom stereocenters. The fourth-order valence-corrected chi connectivity index (χ4v) is 2.44. The number of hydrogen-bond donors (Lipinski definition) is 0. The SMILES string of the molecule is COC(=O)C1=C(C(=O)OC)N(c2cccc(F)c2OCC(C)C)COC1. The summed E-state index contributed by atoms with van der Waals surface area (Å²) >= 11 is 0. The Morgan fingerprint density at radius 1 is 1.23 bits per heavy atom. The molecular weight excluding hydrogens is 345 g/mol. The minimum Gasteiger partial charge on any atom is -0.488 e. The Hall–Kier alpha value is -2.61. The molecule has 1 aromatic rings. The third-order valence-corrected chi connectivity index (χ3v) is 3.63. The number of benzene rings is 1. The highest BCUT2D eigenvalue weighted by Crippen LogP contribution is 2.36. The monoisotopic (exact) mass is 367 g/mol. The molecule has 0 spiro atoms. The van der Waals surface area contributed by atoms with Crippen LogP contribution < -0.4 is 9.64 Å². The predicted octanol–water partition coefficient (Wildman–Crippen LogP) is 2.25. The van der Waals surface area contributed by atoms with Crippen molar-refractivity contribution in [2.45, 2.75) is 13.8 Å². The number of esters is 2. The summed E-state index contributed by atoms with van der Waals surface area (Å²) in [6.45, 7) is 3.95. The zero-order valence-corrected chi connectivity index (χ0v) is 15.2. The molecule has 8 heteroatoms. The van der Waals surface area contributed by atoms with Crippen LogP contribution in [0.5, 0.6) is 5.75 Å². The molecule has 0 N–H and O–H groups in total. The number of carbonyl (C=O) groups is 2. The number of halogens is 1.